The Kier molecular flexibility index (Phi) is 5.50. The van der Waals surface area contributed by atoms with Gasteiger partial charge < -0.3 is 10.1 Å². The summed E-state index contributed by atoms with van der Waals surface area (Å²) in [4.78, 5) is 14.6. The molecule has 0 saturated carbocycles. The van der Waals surface area contributed by atoms with Crippen LogP contribution in [-0.2, 0) is 4.74 Å². The molecule has 1 aromatic heterocycles. The second kappa shape index (κ2) is 7.79. The third kappa shape index (κ3) is 4.14. The van der Waals surface area contributed by atoms with Crippen LogP contribution in [0.15, 0.2) is 30.3 Å². The average molecular weight is 349 g/mol. The number of hydrogen-bond acceptors (Lipinski definition) is 4. The van der Waals surface area contributed by atoms with Crippen molar-refractivity contribution >= 4 is 17.5 Å². The highest BCUT2D eigenvalue weighted by molar-refractivity contribution is 6.30. The second-order valence-electron chi connectivity index (χ2n) is 5.88. The Balaban J connectivity index is 1.56. The lowest BCUT2D eigenvalue weighted by Crippen LogP contribution is -2.47. The van der Waals surface area contributed by atoms with Gasteiger partial charge in [-0.3, -0.25) is 14.8 Å². The quantitative estimate of drug-likeness (QED) is 0.869. The molecule has 2 N–H and O–H groups in total. The molecule has 1 fully saturated rings. The zero-order valence-electron chi connectivity index (χ0n) is 13.6. The minimum Gasteiger partial charge on any atom is -0.379 e. The van der Waals surface area contributed by atoms with Crippen LogP contribution in [0.1, 0.15) is 17.4 Å². The van der Waals surface area contributed by atoms with Gasteiger partial charge in [-0.2, -0.15) is 5.10 Å². The van der Waals surface area contributed by atoms with E-state index < -0.39 is 0 Å². The standard InChI is InChI=1S/C17H21ClN4O2/c1-12(22-6-8-24-9-7-22)11-19-17(23)16-10-15(20-21-16)13-2-4-14(18)5-3-13/h2-5,10,12H,6-9,11H2,1H3,(H,19,23)(H,20,21). The summed E-state index contributed by atoms with van der Waals surface area (Å²) in [6, 6.07) is 9.38. The summed E-state index contributed by atoms with van der Waals surface area (Å²) in [5.74, 6) is -0.150. The zero-order valence-corrected chi connectivity index (χ0v) is 14.3. The number of aromatic nitrogens is 2. The highest BCUT2D eigenvalue weighted by Gasteiger charge is 2.18. The van der Waals surface area contributed by atoms with Crippen molar-refractivity contribution in [1.82, 2.24) is 20.4 Å². The molecule has 1 aliphatic heterocycles. The van der Waals surface area contributed by atoms with Gasteiger partial charge in [0.25, 0.3) is 5.91 Å². The lowest BCUT2D eigenvalue weighted by molar-refractivity contribution is 0.0204. The number of aromatic amines is 1. The minimum absolute atomic E-state index is 0.150. The van der Waals surface area contributed by atoms with E-state index >= 15 is 0 Å². The van der Waals surface area contributed by atoms with E-state index in [-0.39, 0.29) is 11.9 Å². The number of amides is 1. The molecule has 3 rings (SSSR count). The van der Waals surface area contributed by atoms with E-state index in [4.69, 9.17) is 16.3 Å². The molecule has 24 heavy (non-hydrogen) atoms. The molecule has 0 aliphatic carbocycles. The van der Waals surface area contributed by atoms with E-state index in [1.165, 1.54) is 0 Å². The molecule has 1 atom stereocenters. The Morgan fingerprint density at radius 2 is 2.08 bits per heavy atom. The van der Waals surface area contributed by atoms with E-state index in [9.17, 15) is 4.79 Å². The van der Waals surface area contributed by atoms with Gasteiger partial charge in [0.15, 0.2) is 0 Å². The molecule has 0 spiro atoms. The highest BCUT2D eigenvalue weighted by Crippen LogP contribution is 2.20. The lowest BCUT2D eigenvalue weighted by Gasteiger charge is -2.32. The van der Waals surface area contributed by atoms with E-state index in [2.05, 4.69) is 27.3 Å². The van der Waals surface area contributed by atoms with Crippen LogP contribution < -0.4 is 5.32 Å². The van der Waals surface area contributed by atoms with Crippen molar-refractivity contribution in [2.75, 3.05) is 32.8 Å². The fourth-order valence-electron chi connectivity index (χ4n) is 2.69. The molecule has 128 valence electrons. The van der Waals surface area contributed by atoms with Crippen LogP contribution in [0.2, 0.25) is 5.02 Å². The Labute approximate surface area is 146 Å². The van der Waals surface area contributed by atoms with Crippen LogP contribution in [0.3, 0.4) is 0 Å². The summed E-state index contributed by atoms with van der Waals surface area (Å²) in [7, 11) is 0. The highest BCUT2D eigenvalue weighted by atomic mass is 35.5. The molecule has 7 heteroatoms. The maximum absolute atomic E-state index is 12.3. The molecule has 1 amide bonds. The van der Waals surface area contributed by atoms with Gasteiger partial charge in [0.1, 0.15) is 5.69 Å². The number of ether oxygens (including phenoxy) is 1. The van der Waals surface area contributed by atoms with Crippen LogP contribution in [0.25, 0.3) is 11.3 Å². The predicted octanol–water partition coefficient (Wildman–Crippen LogP) is 2.18. The molecular formula is C17H21ClN4O2. The number of nitrogens with one attached hydrogen (secondary N) is 2. The normalized spacial score (nSPS) is 16.8. The van der Waals surface area contributed by atoms with Crippen LogP contribution in [-0.4, -0.2) is 59.9 Å². The molecular weight excluding hydrogens is 328 g/mol. The van der Waals surface area contributed by atoms with Gasteiger partial charge >= 0.3 is 0 Å². The maximum atomic E-state index is 12.3. The first-order valence-electron chi connectivity index (χ1n) is 8.05. The first kappa shape index (κ1) is 17.0. The maximum Gasteiger partial charge on any atom is 0.269 e. The number of nitrogens with zero attached hydrogens (tertiary/aromatic N) is 2. The number of benzene rings is 1. The number of halogens is 1. The average Bonchev–Trinajstić information content (AvgIpc) is 3.11. The van der Waals surface area contributed by atoms with Gasteiger partial charge in [-0.05, 0) is 25.1 Å². The Morgan fingerprint density at radius 1 is 1.38 bits per heavy atom. The van der Waals surface area contributed by atoms with Crippen LogP contribution in [0.5, 0.6) is 0 Å². The number of morpholine rings is 1. The molecule has 1 saturated heterocycles. The monoisotopic (exact) mass is 348 g/mol. The molecule has 0 radical (unpaired) electrons. The van der Waals surface area contributed by atoms with Crippen molar-refractivity contribution < 1.29 is 9.53 Å². The minimum atomic E-state index is -0.150. The van der Waals surface area contributed by atoms with Crippen LogP contribution in [0, 0.1) is 0 Å². The second-order valence-corrected chi connectivity index (χ2v) is 6.32. The van der Waals surface area contributed by atoms with Gasteiger partial charge in [0.05, 0.1) is 18.9 Å². The van der Waals surface area contributed by atoms with Crippen molar-refractivity contribution in [3.05, 3.63) is 41.0 Å². The molecule has 0 bridgehead atoms. The van der Waals surface area contributed by atoms with Crippen LogP contribution >= 0.6 is 11.6 Å². The van der Waals surface area contributed by atoms with Crippen molar-refractivity contribution in [3.8, 4) is 11.3 Å². The fraction of sp³-hybridized carbons (Fsp3) is 0.412. The molecule has 1 aromatic carbocycles. The van der Waals surface area contributed by atoms with E-state index in [1.807, 2.05) is 12.1 Å². The summed E-state index contributed by atoms with van der Waals surface area (Å²) in [6.45, 7) is 6.02. The smallest absolute Gasteiger partial charge is 0.269 e. The van der Waals surface area contributed by atoms with Gasteiger partial charge in [-0.25, -0.2) is 0 Å². The number of carbonyl (C=O) groups is 1. The summed E-state index contributed by atoms with van der Waals surface area (Å²) < 4.78 is 5.35. The third-order valence-electron chi connectivity index (χ3n) is 4.19. The van der Waals surface area contributed by atoms with Gasteiger partial charge in [0.2, 0.25) is 0 Å². The van der Waals surface area contributed by atoms with Crippen LogP contribution in [0.4, 0.5) is 0 Å². The van der Waals surface area contributed by atoms with Crippen molar-refractivity contribution in [2.45, 2.75) is 13.0 Å². The Hall–Kier alpha value is -1.89. The van der Waals surface area contributed by atoms with E-state index in [0.717, 1.165) is 37.6 Å². The van der Waals surface area contributed by atoms with Gasteiger partial charge in [-0.15, -0.1) is 0 Å². The zero-order chi connectivity index (χ0) is 16.9. The predicted molar refractivity (Wildman–Crippen MR) is 93.2 cm³/mol. The van der Waals surface area contributed by atoms with Crippen molar-refractivity contribution in [1.29, 1.82) is 0 Å². The molecule has 1 aliphatic rings. The lowest BCUT2D eigenvalue weighted by atomic mass is 10.1. The number of rotatable bonds is 5. The summed E-state index contributed by atoms with van der Waals surface area (Å²) in [5.41, 5.74) is 2.09. The Bertz CT molecular complexity index is 680. The molecule has 1 unspecified atom stereocenters. The SMILES string of the molecule is CC(CNC(=O)c1cc(-c2ccc(Cl)cc2)n[nH]1)N1CCOCC1. The van der Waals surface area contributed by atoms with Crippen molar-refractivity contribution in [3.63, 3.8) is 0 Å². The number of H-pyrrole nitrogens is 1. The summed E-state index contributed by atoms with van der Waals surface area (Å²) in [5, 5.41) is 10.6. The number of carbonyl (C=O) groups excluding carboxylic acids is 1. The molecule has 2 heterocycles. The topological polar surface area (TPSA) is 70.2 Å². The molecule has 2 aromatic rings. The van der Waals surface area contributed by atoms with E-state index in [0.29, 0.717) is 17.3 Å². The molecule has 6 nitrogen and oxygen atoms in total. The largest absolute Gasteiger partial charge is 0.379 e. The number of hydrogen-bond donors (Lipinski definition) is 2. The Morgan fingerprint density at radius 3 is 2.79 bits per heavy atom. The van der Waals surface area contributed by atoms with E-state index in [1.54, 1.807) is 18.2 Å². The van der Waals surface area contributed by atoms with Gasteiger partial charge in [0, 0.05) is 36.3 Å². The van der Waals surface area contributed by atoms with Crippen molar-refractivity contribution in [2.24, 2.45) is 0 Å². The third-order valence-corrected chi connectivity index (χ3v) is 4.44. The van der Waals surface area contributed by atoms with Gasteiger partial charge in [-0.1, -0.05) is 23.7 Å². The fourth-order valence-corrected chi connectivity index (χ4v) is 2.82. The summed E-state index contributed by atoms with van der Waals surface area (Å²) in [6.07, 6.45) is 0. The first-order valence-corrected chi connectivity index (χ1v) is 8.42. The summed E-state index contributed by atoms with van der Waals surface area (Å²) >= 11 is 5.89. The first-order chi connectivity index (χ1) is 11.6.